The van der Waals surface area contributed by atoms with Gasteiger partial charge in [0.15, 0.2) is 12.4 Å². The van der Waals surface area contributed by atoms with Crippen LogP contribution in [-0.2, 0) is 23.4 Å². The summed E-state index contributed by atoms with van der Waals surface area (Å²) in [6, 6.07) is 7.37. The first-order valence-corrected chi connectivity index (χ1v) is 12.4. The molecule has 1 aliphatic rings. The summed E-state index contributed by atoms with van der Waals surface area (Å²) < 4.78 is 50.7. The minimum atomic E-state index is -4.53. The van der Waals surface area contributed by atoms with Gasteiger partial charge in [0.25, 0.3) is 5.56 Å². The third-order valence-corrected chi connectivity index (χ3v) is 6.71. The van der Waals surface area contributed by atoms with Gasteiger partial charge in [-0.05, 0) is 31.5 Å². The molecule has 2 aromatic rings. The molecular weight excluding hydrogens is 518 g/mol. The van der Waals surface area contributed by atoms with Crippen LogP contribution in [0.25, 0.3) is 10.4 Å². The molecule has 200 valence electrons. The van der Waals surface area contributed by atoms with Gasteiger partial charge in [0.2, 0.25) is 5.72 Å². The third-order valence-electron chi connectivity index (χ3n) is 5.09. The largest absolute Gasteiger partial charge is 0.465 e. The molecule has 2 unspecified atom stereocenters. The van der Waals surface area contributed by atoms with Crippen LogP contribution in [0.15, 0.2) is 57.3 Å². The molecule has 0 saturated carbocycles. The van der Waals surface area contributed by atoms with Crippen molar-refractivity contribution in [1.82, 2.24) is 14.6 Å². The van der Waals surface area contributed by atoms with E-state index in [9.17, 15) is 24.1 Å². The number of nitrogens with one attached hydrogen (secondary N) is 2. The number of azide groups is 1. The van der Waals surface area contributed by atoms with E-state index in [1.807, 2.05) is 4.98 Å². The van der Waals surface area contributed by atoms with E-state index < -0.39 is 61.8 Å². The summed E-state index contributed by atoms with van der Waals surface area (Å²) in [6.45, 7) is 1.84. The lowest BCUT2D eigenvalue weighted by Crippen LogP contribution is -2.43. The van der Waals surface area contributed by atoms with E-state index in [0.29, 0.717) is 4.57 Å². The maximum absolute atomic E-state index is 15.3. The number of ether oxygens (including phenoxy) is 2. The minimum Gasteiger partial charge on any atom is -0.465 e. The van der Waals surface area contributed by atoms with Crippen molar-refractivity contribution in [3.63, 3.8) is 0 Å². The Morgan fingerprint density at radius 1 is 1.41 bits per heavy atom. The lowest BCUT2D eigenvalue weighted by atomic mass is 10.1. The van der Waals surface area contributed by atoms with Crippen LogP contribution in [0.1, 0.15) is 20.1 Å². The Balaban J connectivity index is 1.91. The number of rotatable bonds is 11. The molecular formula is C20H24FN6O9P. The number of alkyl halides is 1. The molecule has 6 atom stereocenters. The molecule has 15 nitrogen and oxygen atoms in total. The molecule has 2 heterocycles. The molecule has 1 saturated heterocycles. The lowest BCUT2D eigenvalue weighted by molar-refractivity contribution is -0.144. The standard InChI is InChI=1S/C20H24FN6O9P/c1-3-33-18(30)12(2)24-37(32,36-13-7-5-4-6-8-13)34-11-20(25-26-22)16(21)15(29)17(35-20)27-10-9-14(28)23-19(27)31/h4-10,12,15-17,29H,3,11H2,1-2H3,(H,24,32)(H,23,28,31)/t12-,15+,16-,17?,20+,37?/m0/s1. The first-order valence-electron chi connectivity index (χ1n) is 10.9. The van der Waals surface area contributed by atoms with Gasteiger partial charge >= 0.3 is 19.4 Å². The van der Waals surface area contributed by atoms with Gasteiger partial charge in [-0.2, -0.15) is 5.09 Å². The number of hydrogen-bond donors (Lipinski definition) is 3. The van der Waals surface area contributed by atoms with Gasteiger partial charge in [0, 0.05) is 17.2 Å². The molecule has 1 aromatic heterocycles. The highest BCUT2D eigenvalue weighted by molar-refractivity contribution is 7.52. The molecule has 37 heavy (non-hydrogen) atoms. The van der Waals surface area contributed by atoms with Gasteiger partial charge in [0.05, 0.1) is 13.2 Å². The van der Waals surface area contributed by atoms with Crippen molar-refractivity contribution < 1.29 is 37.4 Å². The predicted molar refractivity (Wildman–Crippen MR) is 124 cm³/mol. The van der Waals surface area contributed by atoms with Gasteiger partial charge in [-0.3, -0.25) is 23.7 Å². The van der Waals surface area contributed by atoms with Gasteiger partial charge < -0.3 is 19.1 Å². The molecule has 0 spiro atoms. The Morgan fingerprint density at radius 3 is 2.73 bits per heavy atom. The first-order chi connectivity index (χ1) is 17.5. The second-order valence-electron chi connectivity index (χ2n) is 7.73. The number of halogens is 1. The quantitative estimate of drug-likeness (QED) is 0.123. The van der Waals surface area contributed by atoms with Crippen molar-refractivity contribution >= 4 is 13.7 Å². The number of para-hydroxylation sites is 1. The zero-order chi connectivity index (χ0) is 27.2. The van der Waals surface area contributed by atoms with Crippen molar-refractivity contribution in [2.24, 2.45) is 5.11 Å². The van der Waals surface area contributed by atoms with E-state index >= 15 is 4.39 Å². The Hall–Kier alpha value is -3.52. The maximum atomic E-state index is 15.3. The number of hydrogen-bond acceptors (Lipinski definition) is 10. The SMILES string of the molecule is CCOC(=O)[C@H](C)NP(=O)(OC[C@@]1(N=[N+]=[N-])OC(n2ccc(=O)[nH]c2=O)[C@H](O)[C@@H]1F)Oc1ccccc1. The molecule has 3 N–H and O–H groups in total. The van der Waals surface area contributed by atoms with Gasteiger partial charge in [0.1, 0.15) is 17.9 Å². The molecule has 0 bridgehead atoms. The van der Waals surface area contributed by atoms with E-state index in [2.05, 4.69) is 15.1 Å². The molecule has 3 rings (SSSR count). The van der Waals surface area contributed by atoms with Crippen molar-refractivity contribution in [3.05, 3.63) is 73.9 Å². The van der Waals surface area contributed by atoms with E-state index in [1.165, 1.54) is 19.1 Å². The zero-order valence-corrected chi connectivity index (χ0v) is 20.5. The Kier molecular flexibility index (Phi) is 8.86. The smallest absolute Gasteiger partial charge is 0.459 e. The Bertz CT molecular complexity index is 1320. The van der Waals surface area contributed by atoms with E-state index in [1.54, 1.807) is 25.1 Å². The van der Waals surface area contributed by atoms with Crippen molar-refractivity contribution in [2.45, 2.75) is 44.1 Å². The van der Waals surface area contributed by atoms with E-state index in [4.69, 9.17) is 24.1 Å². The van der Waals surface area contributed by atoms with Crippen LogP contribution in [0.4, 0.5) is 4.39 Å². The molecule has 1 aromatic carbocycles. The van der Waals surface area contributed by atoms with Gasteiger partial charge in [-0.15, -0.1) is 0 Å². The highest BCUT2D eigenvalue weighted by Gasteiger charge is 2.57. The van der Waals surface area contributed by atoms with E-state index in [-0.39, 0.29) is 12.4 Å². The second-order valence-corrected chi connectivity index (χ2v) is 9.42. The summed E-state index contributed by atoms with van der Waals surface area (Å²) in [7, 11) is -4.53. The van der Waals surface area contributed by atoms with E-state index in [0.717, 1.165) is 12.3 Å². The summed E-state index contributed by atoms with van der Waals surface area (Å²) in [6.07, 6.45) is -5.37. The summed E-state index contributed by atoms with van der Waals surface area (Å²) in [5.41, 5.74) is 4.65. The highest BCUT2D eigenvalue weighted by Crippen LogP contribution is 2.48. The van der Waals surface area contributed by atoms with Crippen molar-refractivity contribution in [2.75, 3.05) is 13.2 Å². The minimum absolute atomic E-state index is 0.0380. The topological polar surface area (TPSA) is 207 Å². The molecule has 1 fully saturated rings. The monoisotopic (exact) mass is 542 g/mol. The number of carbonyl (C=O) groups excluding carboxylic acids is 1. The molecule has 0 amide bonds. The number of aliphatic hydroxyl groups is 1. The van der Waals surface area contributed by atoms with Crippen LogP contribution < -0.4 is 20.9 Å². The number of benzene rings is 1. The lowest BCUT2D eigenvalue weighted by Gasteiger charge is -2.28. The van der Waals surface area contributed by atoms with Crippen molar-refractivity contribution in [1.29, 1.82) is 0 Å². The summed E-state index contributed by atoms with van der Waals surface area (Å²) in [5.74, 6) is -0.741. The third kappa shape index (κ3) is 6.43. The number of carbonyl (C=O) groups is 1. The zero-order valence-electron chi connectivity index (χ0n) is 19.6. The number of esters is 1. The second kappa shape index (κ2) is 11.7. The van der Waals surface area contributed by atoms with Crippen LogP contribution in [0.2, 0.25) is 0 Å². The van der Waals surface area contributed by atoms with Crippen LogP contribution in [0, 0.1) is 0 Å². The summed E-state index contributed by atoms with van der Waals surface area (Å²) in [5, 5.41) is 16.1. The predicted octanol–water partition coefficient (Wildman–Crippen LogP) is 1.52. The number of aromatic nitrogens is 2. The molecule has 0 aliphatic carbocycles. The maximum Gasteiger partial charge on any atom is 0.459 e. The van der Waals surface area contributed by atoms with Crippen LogP contribution >= 0.6 is 7.75 Å². The fourth-order valence-electron chi connectivity index (χ4n) is 3.35. The summed E-state index contributed by atoms with van der Waals surface area (Å²) >= 11 is 0. The molecule has 1 aliphatic heterocycles. The molecule has 17 heteroatoms. The van der Waals surface area contributed by atoms with Crippen LogP contribution in [-0.4, -0.2) is 57.9 Å². The normalized spacial score (nSPS) is 25.5. The number of aliphatic hydroxyl groups excluding tert-OH is 1. The number of nitrogens with zero attached hydrogens (tertiary/aromatic N) is 4. The Morgan fingerprint density at radius 2 is 2.11 bits per heavy atom. The molecule has 0 radical (unpaired) electrons. The first kappa shape index (κ1) is 28.1. The fourth-order valence-corrected chi connectivity index (χ4v) is 4.86. The van der Waals surface area contributed by atoms with Crippen molar-refractivity contribution in [3.8, 4) is 5.75 Å². The van der Waals surface area contributed by atoms with Crippen LogP contribution in [0.3, 0.4) is 0 Å². The average molecular weight is 542 g/mol. The average Bonchev–Trinajstić information content (AvgIpc) is 3.09. The number of aromatic amines is 1. The van der Waals surface area contributed by atoms with Gasteiger partial charge in [-0.1, -0.05) is 23.3 Å². The van der Waals surface area contributed by atoms with Gasteiger partial charge in [-0.25, -0.2) is 13.8 Å². The number of H-pyrrole nitrogens is 1. The van der Waals surface area contributed by atoms with Crippen LogP contribution in [0.5, 0.6) is 5.75 Å². The highest BCUT2D eigenvalue weighted by atomic mass is 31.2. The summed E-state index contributed by atoms with van der Waals surface area (Å²) in [4.78, 5) is 40.1. The Labute approximate surface area is 208 Å². The fraction of sp³-hybridized carbons (Fsp3) is 0.450.